The lowest BCUT2D eigenvalue weighted by Crippen LogP contribution is -2.50. The van der Waals surface area contributed by atoms with E-state index in [4.69, 9.17) is 0 Å². The van der Waals surface area contributed by atoms with Gasteiger partial charge in [-0.3, -0.25) is 14.5 Å². The molecule has 1 heterocycles. The van der Waals surface area contributed by atoms with Crippen molar-refractivity contribution in [2.75, 3.05) is 38.0 Å². The van der Waals surface area contributed by atoms with Crippen LogP contribution in [0.1, 0.15) is 17.3 Å². The summed E-state index contributed by atoms with van der Waals surface area (Å²) in [4.78, 5) is 24.6. The molecule has 10 heteroatoms. The second kappa shape index (κ2) is 8.99. The van der Waals surface area contributed by atoms with Gasteiger partial charge in [-0.1, -0.05) is 0 Å². The van der Waals surface area contributed by atoms with Gasteiger partial charge in [0.25, 0.3) is 0 Å². The molecule has 3 rings (SSSR count). The van der Waals surface area contributed by atoms with E-state index < -0.39 is 26.6 Å². The second-order valence-electron chi connectivity index (χ2n) is 6.94. The molecule has 0 radical (unpaired) electrons. The Kier molecular flexibility index (Phi) is 6.59. The van der Waals surface area contributed by atoms with Gasteiger partial charge in [-0.05, 0) is 49.4 Å². The summed E-state index contributed by atoms with van der Waals surface area (Å²) in [6.07, 6.45) is 0. The first-order valence-corrected chi connectivity index (χ1v) is 10.7. The van der Waals surface area contributed by atoms with Crippen LogP contribution in [-0.2, 0) is 14.8 Å². The highest BCUT2D eigenvalue weighted by molar-refractivity contribution is 7.89. The van der Waals surface area contributed by atoms with Crippen LogP contribution >= 0.6 is 0 Å². The van der Waals surface area contributed by atoms with E-state index in [1.165, 1.54) is 6.92 Å². The highest BCUT2D eigenvalue weighted by Crippen LogP contribution is 2.21. The van der Waals surface area contributed by atoms with Gasteiger partial charge < -0.3 is 5.32 Å². The monoisotopic (exact) mass is 437 g/mol. The molecule has 2 aromatic rings. The van der Waals surface area contributed by atoms with Crippen molar-refractivity contribution in [3.05, 3.63) is 59.7 Å². The molecule has 0 bridgehead atoms. The van der Waals surface area contributed by atoms with E-state index in [2.05, 4.69) is 5.32 Å². The second-order valence-corrected chi connectivity index (χ2v) is 8.84. The number of ketones is 1. The Balaban J connectivity index is 1.55. The normalized spacial score (nSPS) is 15.7. The number of anilines is 1. The van der Waals surface area contributed by atoms with Crippen molar-refractivity contribution in [3.8, 4) is 0 Å². The summed E-state index contributed by atoms with van der Waals surface area (Å²) in [6, 6.07) is 8.81. The molecule has 1 amide bonds. The third kappa shape index (κ3) is 5.07. The summed E-state index contributed by atoms with van der Waals surface area (Å²) in [5, 5.41) is 2.72. The number of carbonyl (C=O) groups excluding carboxylic acids is 2. The van der Waals surface area contributed by atoms with Crippen LogP contribution in [0, 0.1) is 11.6 Å². The van der Waals surface area contributed by atoms with Crippen molar-refractivity contribution in [2.45, 2.75) is 11.8 Å². The molecule has 160 valence electrons. The Morgan fingerprint density at radius 2 is 1.63 bits per heavy atom. The maximum Gasteiger partial charge on any atom is 0.246 e. The average Bonchev–Trinajstić information content (AvgIpc) is 2.70. The summed E-state index contributed by atoms with van der Waals surface area (Å²) in [5.74, 6) is -2.19. The molecule has 2 aromatic carbocycles. The van der Waals surface area contributed by atoms with Crippen LogP contribution in [0.4, 0.5) is 14.5 Å². The predicted molar refractivity (Wildman–Crippen MR) is 107 cm³/mol. The largest absolute Gasteiger partial charge is 0.325 e. The van der Waals surface area contributed by atoms with Crippen molar-refractivity contribution in [1.29, 1.82) is 0 Å². The van der Waals surface area contributed by atoms with Crippen molar-refractivity contribution < 1.29 is 26.8 Å². The van der Waals surface area contributed by atoms with E-state index in [9.17, 15) is 26.8 Å². The molecule has 0 aromatic heterocycles. The van der Waals surface area contributed by atoms with E-state index in [0.717, 1.165) is 16.4 Å². The van der Waals surface area contributed by atoms with Crippen molar-refractivity contribution >= 4 is 27.4 Å². The fourth-order valence-electron chi connectivity index (χ4n) is 3.13. The Bertz CT molecular complexity index is 1050. The smallest absolute Gasteiger partial charge is 0.246 e. The molecular formula is C20H21F2N3O4S. The molecule has 1 saturated heterocycles. The van der Waals surface area contributed by atoms with E-state index in [0.29, 0.717) is 17.3 Å². The third-order valence-corrected chi connectivity index (χ3v) is 6.70. The number of halogens is 2. The number of carbonyl (C=O) groups is 2. The molecule has 0 unspecified atom stereocenters. The Morgan fingerprint density at radius 1 is 1.00 bits per heavy atom. The molecular weight excluding hydrogens is 416 g/mol. The third-order valence-electron chi connectivity index (χ3n) is 4.78. The van der Waals surface area contributed by atoms with Crippen molar-refractivity contribution in [3.63, 3.8) is 0 Å². The van der Waals surface area contributed by atoms with Gasteiger partial charge in [0.2, 0.25) is 15.9 Å². The van der Waals surface area contributed by atoms with Gasteiger partial charge in [-0.15, -0.1) is 0 Å². The molecule has 1 fully saturated rings. The van der Waals surface area contributed by atoms with Gasteiger partial charge in [0.15, 0.2) is 5.78 Å². The van der Waals surface area contributed by atoms with Gasteiger partial charge in [-0.2, -0.15) is 4.31 Å². The predicted octanol–water partition coefficient (Wildman–Crippen LogP) is 2.11. The molecule has 1 N–H and O–H groups in total. The molecule has 7 nitrogen and oxygen atoms in total. The number of piperazine rings is 1. The number of nitrogens with zero attached hydrogens (tertiary/aromatic N) is 2. The lowest BCUT2D eigenvalue weighted by atomic mass is 10.1. The minimum atomic E-state index is -4.16. The van der Waals surface area contributed by atoms with E-state index in [1.54, 1.807) is 29.2 Å². The minimum absolute atomic E-state index is 0.0523. The van der Waals surface area contributed by atoms with E-state index in [1.807, 2.05) is 0 Å². The zero-order valence-electron chi connectivity index (χ0n) is 16.3. The first kappa shape index (κ1) is 22.0. The Hall–Kier alpha value is -2.69. The first-order chi connectivity index (χ1) is 14.2. The topological polar surface area (TPSA) is 86.8 Å². The fraction of sp³-hybridized carbons (Fsp3) is 0.300. The maximum absolute atomic E-state index is 13.9. The molecule has 1 aliphatic rings. The van der Waals surface area contributed by atoms with Gasteiger partial charge in [0, 0.05) is 37.4 Å². The van der Waals surface area contributed by atoms with Gasteiger partial charge in [0.05, 0.1) is 6.54 Å². The zero-order valence-corrected chi connectivity index (χ0v) is 17.1. The van der Waals surface area contributed by atoms with Crippen LogP contribution in [-0.4, -0.2) is 62.0 Å². The van der Waals surface area contributed by atoms with Crippen molar-refractivity contribution in [2.24, 2.45) is 0 Å². The number of sulfonamides is 1. The first-order valence-electron chi connectivity index (χ1n) is 9.25. The number of Topliss-reactive ketones (excluding diaryl/α,β-unsaturated/α-hetero) is 1. The van der Waals surface area contributed by atoms with Gasteiger partial charge in [-0.25, -0.2) is 17.2 Å². The highest BCUT2D eigenvalue weighted by Gasteiger charge is 2.31. The molecule has 30 heavy (non-hydrogen) atoms. The van der Waals surface area contributed by atoms with Crippen LogP contribution in [0.5, 0.6) is 0 Å². The summed E-state index contributed by atoms with van der Waals surface area (Å²) in [7, 11) is -4.16. The molecule has 0 aliphatic carbocycles. The standard InChI is InChI=1S/C20H21F2N3O4S/c1-14(26)15-2-5-17(6-3-15)23-20(27)13-24-8-10-25(11-9-24)30(28,29)19-12-16(21)4-7-18(19)22/h2-7,12H,8-11,13H2,1H3,(H,23,27). The lowest BCUT2D eigenvalue weighted by Gasteiger charge is -2.33. The van der Waals surface area contributed by atoms with Crippen LogP contribution < -0.4 is 5.32 Å². The quantitative estimate of drug-likeness (QED) is 0.700. The fourth-order valence-corrected chi connectivity index (χ4v) is 4.63. The molecule has 0 saturated carbocycles. The van der Waals surface area contributed by atoms with E-state index >= 15 is 0 Å². The van der Waals surface area contributed by atoms with Crippen LogP contribution in [0.15, 0.2) is 47.4 Å². The average molecular weight is 437 g/mol. The number of hydrogen-bond acceptors (Lipinski definition) is 5. The lowest BCUT2D eigenvalue weighted by molar-refractivity contribution is -0.117. The number of nitrogens with one attached hydrogen (secondary N) is 1. The van der Waals surface area contributed by atoms with Crippen molar-refractivity contribution in [1.82, 2.24) is 9.21 Å². The molecule has 0 atom stereocenters. The SMILES string of the molecule is CC(=O)c1ccc(NC(=O)CN2CCN(S(=O)(=O)c3cc(F)ccc3F)CC2)cc1. The summed E-state index contributed by atoms with van der Waals surface area (Å²) >= 11 is 0. The highest BCUT2D eigenvalue weighted by atomic mass is 32.2. The van der Waals surface area contributed by atoms with Gasteiger partial charge >= 0.3 is 0 Å². The summed E-state index contributed by atoms with van der Waals surface area (Å²) < 4.78 is 53.6. The van der Waals surface area contributed by atoms with Gasteiger partial charge in [0.1, 0.15) is 16.5 Å². The number of amides is 1. The summed E-state index contributed by atoms with van der Waals surface area (Å²) in [5.41, 5.74) is 1.09. The minimum Gasteiger partial charge on any atom is -0.325 e. The Labute approximate surface area is 173 Å². The zero-order chi connectivity index (χ0) is 21.9. The Morgan fingerprint density at radius 3 is 2.23 bits per heavy atom. The number of hydrogen-bond donors (Lipinski definition) is 1. The number of benzene rings is 2. The van der Waals surface area contributed by atoms with Crippen LogP contribution in [0.3, 0.4) is 0 Å². The maximum atomic E-state index is 13.9. The molecule has 0 spiro atoms. The number of rotatable bonds is 6. The van der Waals surface area contributed by atoms with E-state index in [-0.39, 0.29) is 44.4 Å². The van der Waals surface area contributed by atoms with Crippen LogP contribution in [0.25, 0.3) is 0 Å². The summed E-state index contributed by atoms with van der Waals surface area (Å²) in [6.45, 7) is 2.16. The molecule has 1 aliphatic heterocycles. The van der Waals surface area contributed by atoms with Crippen LogP contribution in [0.2, 0.25) is 0 Å².